The van der Waals surface area contributed by atoms with E-state index in [9.17, 15) is 9.90 Å². The maximum Gasteiger partial charge on any atom is 0.338 e. The second-order valence-corrected chi connectivity index (χ2v) is 7.12. The minimum Gasteiger partial charge on any atom is -0.478 e. The summed E-state index contributed by atoms with van der Waals surface area (Å²) in [6.07, 6.45) is 1.46. The molecule has 0 radical (unpaired) electrons. The molecule has 1 aromatic heterocycles. The second-order valence-electron chi connectivity index (χ2n) is 5.47. The first-order valence-electron chi connectivity index (χ1n) is 7.54. The quantitative estimate of drug-likeness (QED) is 0.498. The number of carboxylic acids is 1. The molecule has 0 unspecified atom stereocenters. The van der Waals surface area contributed by atoms with E-state index in [0.717, 1.165) is 3.57 Å². The Morgan fingerprint density at radius 2 is 2.23 bits per heavy atom. The third-order valence-corrected chi connectivity index (χ3v) is 4.80. The SMILES string of the molecule is COCCn1cnc2c(F)c(Nc3ccc(I)cc3Cl)c(C(=O)O)cc21. The highest BCUT2D eigenvalue weighted by Gasteiger charge is 2.22. The normalized spacial score (nSPS) is 11.1. The minimum absolute atomic E-state index is 0.0789. The summed E-state index contributed by atoms with van der Waals surface area (Å²) in [5.41, 5.74) is 0.493. The molecule has 0 atom stereocenters. The Balaban J connectivity index is 2.13. The summed E-state index contributed by atoms with van der Waals surface area (Å²) < 4.78 is 22.6. The molecule has 9 heteroatoms. The smallest absolute Gasteiger partial charge is 0.338 e. The van der Waals surface area contributed by atoms with Crippen LogP contribution in [0.25, 0.3) is 11.0 Å². The molecule has 0 aliphatic carbocycles. The average molecular weight is 490 g/mol. The number of hydrogen-bond donors (Lipinski definition) is 2. The van der Waals surface area contributed by atoms with E-state index >= 15 is 4.39 Å². The van der Waals surface area contributed by atoms with Gasteiger partial charge < -0.3 is 19.7 Å². The predicted molar refractivity (Wildman–Crippen MR) is 106 cm³/mol. The Morgan fingerprint density at radius 1 is 1.46 bits per heavy atom. The van der Waals surface area contributed by atoms with Crippen LogP contribution in [0.3, 0.4) is 0 Å². The monoisotopic (exact) mass is 489 g/mol. The van der Waals surface area contributed by atoms with E-state index in [1.807, 2.05) is 0 Å². The summed E-state index contributed by atoms with van der Waals surface area (Å²) in [7, 11) is 1.55. The first-order valence-corrected chi connectivity index (χ1v) is 8.99. The molecule has 0 spiro atoms. The van der Waals surface area contributed by atoms with E-state index in [-0.39, 0.29) is 16.8 Å². The molecule has 3 rings (SSSR count). The van der Waals surface area contributed by atoms with Crippen LogP contribution >= 0.6 is 34.2 Å². The van der Waals surface area contributed by atoms with Gasteiger partial charge in [-0.05, 0) is 46.9 Å². The van der Waals surface area contributed by atoms with Gasteiger partial charge in [-0.3, -0.25) is 0 Å². The van der Waals surface area contributed by atoms with Gasteiger partial charge in [-0.1, -0.05) is 11.6 Å². The Kier molecular flexibility index (Phi) is 5.64. The molecule has 2 aromatic carbocycles. The van der Waals surface area contributed by atoms with Crippen molar-refractivity contribution in [2.75, 3.05) is 19.0 Å². The number of halogens is 3. The number of nitrogens with one attached hydrogen (secondary N) is 1. The molecule has 0 saturated carbocycles. The van der Waals surface area contributed by atoms with Crippen LogP contribution in [0.1, 0.15) is 10.4 Å². The molecule has 0 aliphatic heterocycles. The Labute approximate surface area is 167 Å². The maximum absolute atomic E-state index is 15.0. The molecule has 136 valence electrons. The summed E-state index contributed by atoms with van der Waals surface area (Å²) in [4.78, 5) is 15.8. The number of aromatic carboxylic acids is 1. The van der Waals surface area contributed by atoms with Gasteiger partial charge >= 0.3 is 5.97 Å². The highest BCUT2D eigenvalue weighted by Crippen LogP contribution is 2.33. The van der Waals surface area contributed by atoms with Crippen molar-refractivity contribution in [1.82, 2.24) is 9.55 Å². The Hall–Kier alpha value is -1.91. The van der Waals surface area contributed by atoms with Gasteiger partial charge in [0.05, 0.1) is 40.4 Å². The fourth-order valence-corrected chi connectivity index (χ4v) is 3.44. The van der Waals surface area contributed by atoms with E-state index in [4.69, 9.17) is 16.3 Å². The molecule has 3 aromatic rings. The van der Waals surface area contributed by atoms with E-state index in [1.165, 1.54) is 12.4 Å². The van der Waals surface area contributed by atoms with Gasteiger partial charge in [0.15, 0.2) is 5.82 Å². The van der Waals surface area contributed by atoms with Crippen LogP contribution in [0.4, 0.5) is 15.8 Å². The number of benzene rings is 2. The molecular formula is C17H14ClFIN3O3. The third-order valence-electron chi connectivity index (χ3n) is 3.81. The van der Waals surface area contributed by atoms with Gasteiger partial charge in [0.1, 0.15) is 5.52 Å². The molecule has 0 saturated heterocycles. The third kappa shape index (κ3) is 3.62. The van der Waals surface area contributed by atoms with Crippen molar-refractivity contribution >= 4 is 62.6 Å². The number of rotatable bonds is 6. The minimum atomic E-state index is -1.26. The molecule has 1 heterocycles. The highest BCUT2D eigenvalue weighted by molar-refractivity contribution is 14.1. The average Bonchev–Trinajstić information content (AvgIpc) is 3.00. The number of carbonyl (C=O) groups is 1. The second kappa shape index (κ2) is 7.77. The molecule has 0 fully saturated rings. The van der Waals surface area contributed by atoms with Gasteiger partial charge in [0, 0.05) is 17.2 Å². The van der Waals surface area contributed by atoms with Crippen LogP contribution in [-0.2, 0) is 11.3 Å². The van der Waals surface area contributed by atoms with Crippen molar-refractivity contribution in [3.8, 4) is 0 Å². The summed E-state index contributed by atoms with van der Waals surface area (Å²) >= 11 is 8.27. The summed E-state index contributed by atoms with van der Waals surface area (Å²) in [5.74, 6) is -2.00. The van der Waals surface area contributed by atoms with E-state index in [1.54, 1.807) is 29.9 Å². The largest absolute Gasteiger partial charge is 0.478 e. The molecule has 26 heavy (non-hydrogen) atoms. The van der Waals surface area contributed by atoms with Gasteiger partial charge in [-0.25, -0.2) is 14.2 Å². The van der Waals surface area contributed by atoms with Crippen LogP contribution in [0.2, 0.25) is 5.02 Å². The number of aromatic nitrogens is 2. The van der Waals surface area contributed by atoms with Crippen molar-refractivity contribution in [1.29, 1.82) is 0 Å². The van der Waals surface area contributed by atoms with Crippen LogP contribution in [0.15, 0.2) is 30.6 Å². The van der Waals surface area contributed by atoms with Gasteiger partial charge in [-0.15, -0.1) is 0 Å². The van der Waals surface area contributed by atoms with Crippen molar-refractivity contribution in [3.05, 3.63) is 50.6 Å². The van der Waals surface area contributed by atoms with Crippen molar-refractivity contribution < 1.29 is 19.0 Å². The number of carboxylic acid groups (broad SMARTS) is 1. The van der Waals surface area contributed by atoms with Crippen LogP contribution in [0, 0.1) is 9.39 Å². The fourth-order valence-electron chi connectivity index (χ4n) is 2.54. The topological polar surface area (TPSA) is 76.4 Å². The fraction of sp³-hybridized carbons (Fsp3) is 0.176. The molecular weight excluding hydrogens is 476 g/mol. The first-order chi connectivity index (χ1) is 12.4. The lowest BCUT2D eigenvalue weighted by molar-refractivity contribution is 0.0697. The maximum atomic E-state index is 15.0. The summed E-state index contributed by atoms with van der Waals surface area (Å²) in [6.45, 7) is 0.828. The Morgan fingerprint density at radius 3 is 2.88 bits per heavy atom. The number of fused-ring (bicyclic) bond motifs is 1. The number of methoxy groups -OCH3 is 1. The Bertz CT molecular complexity index is 993. The molecule has 0 amide bonds. The standard InChI is InChI=1S/C17H14ClFIN3O3/c1-26-5-4-23-8-21-16-13(23)7-10(17(24)25)15(14(16)19)22-12-3-2-9(20)6-11(12)18/h2-3,6-8,22H,4-5H2,1H3,(H,24,25). The zero-order chi connectivity index (χ0) is 18.8. The van der Waals surface area contributed by atoms with Crippen molar-refractivity contribution in [3.63, 3.8) is 0 Å². The van der Waals surface area contributed by atoms with Gasteiger partial charge in [-0.2, -0.15) is 0 Å². The zero-order valence-corrected chi connectivity index (χ0v) is 16.5. The number of hydrogen-bond acceptors (Lipinski definition) is 4. The summed E-state index contributed by atoms with van der Waals surface area (Å²) in [5, 5.41) is 12.7. The van der Waals surface area contributed by atoms with Crippen LogP contribution < -0.4 is 5.32 Å². The number of anilines is 2. The number of imidazole rings is 1. The summed E-state index contributed by atoms with van der Waals surface area (Å²) in [6, 6.07) is 6.54. The first kappa shape index (κ1) is 18.9. The molecule has 2 N–H and O–H groups in total. The van der Waals surface area contributed by atoms with Crippen molar-refractivity contribution in [2.24, 2.45) is 0 Å². The number of nitrogens with zero attached hydrogens (tertiary/aromatic N) is 2. The lowest BCUT2D eigenvalue weighted by Gasteiger charge is -2.13. The van der Waals surface area contributed by atoms with Gasteiger partial charge in [0.2, 0.25) is 0 Å². The van der Waals surface area contributed by atoms with Crippen LogP contribution in [0.5, 0.6) is 0 Å². The van der Waals surface area contributed by atoms with E-state index in [2.05, 4.69) is 32.9 Å². The molecule has 0 bridgehead atoms. The number of ether oxygens (including phenoxy) is 1. The lowest BCUT2D eigenvalue weighted by atomic mass is 10.1. The van der Waals surface area contributed by atoms with E-state index < -0.39 is 11.8 Å². The van der Waals surface area contributed by atoms with E-state index in [0.29, 0.717) is 29.4 Å². The molecule has 6 nitrogen and oxygen atoms in total. The van der Waals surface area contributed by atoms with Crippen molar-refractivity contribution in [2.45, 2.75) is 6.54 Å². The highest BCUT2D eigenvalue weighted by atomic mass is 127. The molecule has 0 aliphatic rings. The van der Waals surface area contributed by atoms with Gasteiger partial charge in [0.25, 0.3) is 0 Å². The lowest BCUT2D eigenvalue weighted by Crippen LogP contribution is -2.08. The predicted octanol–water partition coefficient (Wildman–Crippen LogP) is 4.52. The van der Waals surface area contributed by atoms with Crippen LogP contribution in [-0.4, -0.2) is 34.3 Å². The zero-order valence-electron chi connectivity index (χ0n) is 13.6.